The average molecular weight is 358 g/mol. The maximum atomic E-state index is 12.4. The summed E-state index contributed by atoms with van der Waals surface area (Å²) in [6.07, 6.45) is 1.44. The van der Waals surface area contributed by atoms with Crippen LogP contribution in [0.25, 0.3) is 11.1 Å². The SMILES string of the molecule is Cc1ccc(C(=O)OCC(=O)NC2c3ccccc3-c3ccccc32)cn1. The maximum Gasteiger partial charge on any atom is 0.340 e. The molecule has 3 aromatic rings. The Bertz CT molecular complexity index is 967. The fourth-order valence-corrected chi connectivity index (χ4v) is 3.32. The number of carbonyl (C=O) groups is 2. The molecule has 0 unspecified atom stereocenters. The molecule has 5 heteroatoms. The van der Waals surface area contributed by atoms with Gasteiger partial charge in [-0.15, -0.1) is 0 Å². The van der Waals surface area contributed by atoms with Gasteiger partial charge in [-0.3, -0.25) is 9.78 Å². The molecule has 1 heterocycles. The summed E-state index contributed by atoms with van der Waals surface area (Å²) in [5.41, 5.74) is 5.44. The van der Waals surface area contributed by atoms with Gasteiger partial charge in [0.1, 0.15) is 0 Å². The highest BCUT2D eigenvalue weighted by atomic mass is 16.5. The summed E-state index contributed by atoms with van der Waals surface area (Å²) in [5.74, 6) is -0.912. The molecule has 0 saturated heterocycles. The van der Waals surface area contributed by atoms with Gasteiger partial charge >= 0.3 is 5.97 Å². The molecule has 1 aliphatic rings. The third kappa shape index (κ3) is 3.31. The standard InChI is InChI=1S/C22H18N2O3/c1-14-10-11-15(12-23-14)22(26)27-13-20(25)24-21-18-8-4-2-6-16(18)17-7-3-5-9-19(17)21/h2-12,21H,13H2,1H3,(H,24,25). The van der Waals surface area contributed by atoms with Crippen LogP contribution in [-0.4, -0.2) is 23.5 Å². The van der Waals surface area contributed by atoms with Crippen LogP contribution >= 0.6 is 0 Å². The van der Waals surface area contributed by atoms with Gasteiger partial charge in [-0.2, -0.15) is 0 Å². The number of benzene rings is 2. The first-order chi connectivity index (χ1) is 13.1. The summed E-state index contributed by atoms with van der Waals surface area (Å²) in [6.45, 7) is 1.49. The second-order valence-corrected chi connectivity index (χ2v) is 6.44. The molecule has 27 heavy (non-hydrogen) atoms. The van der Waals surface area contributed by atoms with Gasteiger partial charge in [0.15, 0.2) is 6.61 Å². The zero-order chi connectivity index (χ0) is 18.8. The molecule has 4 rings (SSSR count). The van der Waals surface area contributed by atoms with E-state index in [4.69, 9.17) is 4.74 Å². The van der Waals surface area contributed by atoms with Crippen molar-refractivity contribution in [3.63, 3.8) is 0 Å². The molecule has 134 valence electrons. The van der Waals surface area contributed by atoms with Crippen LogP contribution in [0.1, 0.15) is 33.2 Å². The van der Waals surface area contributed by atoms with Gasteiger partial charge in [0.25, 0.3) is 5.91 Å². The van der Waals surface area contributed by atoms with Crippen molar-refractivity contribution in [2.24, 2.45) is 0 Å². The molecule has 0 fully saturated rings. The largest absolute Gasteiger partial charge is 0.452 e. The number of aromatic nitrogens is 1. The number of ether oxygens (including phenoxy) is 1. The zero-order valence-corrected chi connectivity index (χ0v) is 14.8. The third-order valence-electron chi connectivity index (χ3n) is 4.62. The van der Waals surface area contributed by atoms with Crippen molar-refractivity contribution in [3.05, 3.63) is 89.2 Å². The van der Waals surface area contributed by atoms with Gasteiger partial charge in [-0.1, -0.05) is 48.5 Å². The highest BCUT2D eigenvalue weighted by molar-refractivity contribution is 5.91. The van der Waals surface area contributed by atoms with E-state index in [2.05, 4.69) is 10.3 Å². The zero-order valence-electron chi connectivity index (χ0n) is 14.8. The van der Waals surface area contributed by atoms with Crippen LogP contribution in [0, 0.1) is 6.92 Å². The van der Waals surface area contributed by atoms with Crippen molar-refractivity contribution in [3.8, 4) is 11.1 Å². The van der Waals surface area contributed by atoms with E-state index in [1.54, 1.807) is 12.1 Å². The summed E-state index contributed by atoms with van der Waals surface area (Å²) < 4.78 is 5.12. The van der Waals surface area contributed by atoms with Crippen molar-refractivity contribution in [2.75, 3.05) is 6.61 Å². The summed E-state index contributed by atoms with van der Waals surface area (Å²) in [5, 5.41) is 2.98. The maximum absolute atomic E-state index is 12.4. The topological polar surface area (TPSA) is 68.3 Å². The molecule has 0 atom stereocenters. The molecule has 0 saturated carbocycles. The van der Waals surface area contributed by atoms with Gasteiger partial charge in [0, 0.05) is 11.9 Å². The first-order valence-corrected chi connectivity index (χ1v) is 8.71. The van der Waals surface area contributed by atoms with Crippen molar-refractivity contribution >= 4 is 11.9 Å². The molecule has 1 N–H and O–H groups in total. The van der Waals surface area contributed by atoms with Gasteiger partial charge in [0.05, 0.1) is 11.6 Å². The predicted octanol–water partition coefficient (Wildman–Crippen LogP) is 3.43. The fraction of sp³-hybridized carbons (Fsp3) is 0.136. The van der Waals surface area contributed by atoms with E-state index in [0.29, 0.717) is 5.56 Å². The van der Waals surface area contributed by atoms with E-state index in [-0.39, 0.29) is 18.6 Å². The number of amides is 1. The summed E-state index contributed by atoms with van der Waals surface area (Å²) in [4.78, 5) is 28.5. The lowest BCUT2D eigenvalue weighted by atomic mass is 10.1. The van der Waals surface area contributed by atoms with E-state index in [1.807, 2.05) is 55.5 Å². The molecule has 5 nitrogen and oxygen atoms in total. The lowest BCUT2D eigenvalue weighted by Crippen LogP contribution is -2.32. The first-order valence-electron chi connectivity index (χ1n) is 8.71. The highest BCUT2D eigenvalue weighted by Crippen LogP contribution is 2.42. The second-order valence-electron chi connectivity index (χ2n) is 6.44. The normalized spacial score (nSPS) is 12.2. The number of nitrogens with zero attached hydrogens (tertiary/aromatic N) is 1. The summed E-state index contributed by atoms with van der Waals surface area (Å²) >= 11 is 0. The molecule has 1 aliphatic carbocycles. The van der Waals surface area contributed by atoms with Crippen molar-refractivity contribution < 1.29 is 14.3 Å². The van der Waals surface area contributed by atoms with E-state index >= 15 is 0 Å². The molecule has 0 radical (unpaired) electrons. The lowest BCUT2D eigenvalue weighted by Gasteiger charge is -2.16. The Morgan fingerprint density at radius 1 is 0.963 bits per heavy atom. The predicted molar refractivity (Wildman–Crippen MR) is 101 cm³/mol. The monoisotopic (exact) mass is 358 g/mol. The number of pyridine rings is 1. The minimum atomic E-state index is -0.565. The number of esters is 1. The van der Waals surface area contributed by atoms with E-state index in [9.17, 15) is 9.59 Å². The minimum absolute atomic E-state index is 0.246. The molecular weight excluding hydrogens is 340 g/mol. The van der Waals surface area contributed by atoms with Crippen LogP contribution in [0.4, 0.5) is 0 Å². The quantitative estimate of drug-likeness (QED) is 0.726. The van der Waals surface area contributed by atoms with E-state index in [0.717, 1.165) is 27.9 Å². The third-order valence-corrected chi connectivity index (χ3v) is 4.62. The number of hydrogen-bond acceptors (Lipinski definition) is 4. The van der Waals surface area contributed by atoms with Crippen LogP contribution in [0.15, 0.2) is 66.9 Å². The highest BCUT2D eigenvalue weighted by Gasteiger charge is 2.29. The fourth-order valence-electron chi connectivity index (χ4n) is 3.32. The summed E-state index contributed by atoms with van der Waals surface area (Å²) in [7, 11) is 0. The van der Waals surface area contributed by atoms with Crippen molar-refractivity contribution in [2.45, 2.75) is 13.0 Å². The number of rotatable bonds is 4. The van der Waals surface area contributed by atoms with Crippen molar-refractivity contribution in [1.29, 1.82) is 0 Å². The number of fused-ring (bicyclic) bond motifs is 3. The molecule has 0 aliphatic heterocycles. The minimum Gasteiger partial charge on any atom is -0.452 e. The van der Waals surface area contributed by atoms with E-state index in [1.165, 1.54) is 6.20 Å². The number of carbonyl (C=O) groups excluding carboxylic acids is 2. The van der Waals surface area contributed by atoms with Crippen molar-refractivity contribution in [1.82, 2.24) is 10.3 Å². The van der Waals surface area contributed by atoms with Gasteiger partial charge in [-0.25, -0.2) is 4.79 Å². The second kappa shape index (κ2) is 7.03. The Balaban J connectivity index is 1.45. The first kappa shape index (κ1) is 17.0. The number of aryl methyl sites for hydroxylation is 1. The number of hydrogen-bond donors (Lipinski definition) is 1. The molecule has 0 spiro atoms. The van der Waals surface area contributed by atoms with E-state index < -0.39 is 5.97 Å². The Labute approximate surface area is 157 Å². The molecule has 1 aromatic heterocycles. The van der Waals surface area contributed by atoms with Crippen LogP contribution in [-0.2, 0) is 9.53 Å². The average Bonchev–Trinajstić information content (AvgIpc) is 3.01. The van der Waals surface area contributed by atoms with Gasteiger partial charge < -0.3 is 10.1 Å². The summed E-state index contributed by atoms with van der Waals surface area (Å²) in [6, 6.07) is 19.1. The van der Waals surface area contributed by atoms with Crippen LogP contribution in [0.2, 0.25) is 0 Å². The Hall–Kier alpha value is -3.47. The smallest absolute Gasteiger partial charge is 0.340 e. The Kier molecular flexibility index (Phi) is 4.42. The lowest BCUT2D eigenvalue weighted by molar-refractivity contribution is -0.124. The van der Waals surface area contributed by atoms with Crippen LogP contribution in [0.5, 0.6) is 0 Å². The number of nitrogens with one attached hydrogen (secondary N) is 1. The molecular formula is C22H18N2O3. The molecule has 0 bridgehead atoms. The molecule has 1 amide bonds. The Morgan fingerprint density at radius 3 is 2.19 bits per heavy atom. The molecule has 2 aromatic carbocycles. The van der Waals surface area contributed by atoms with Gasteiger partial charge in [0.2, 0.25) is 0 Å². The Morgan fingerprint density at radius 2 is 1.59 bits per heavy atom. The van der Waals surface area contributed by atoms with Gasteiger partial charge in [-0.05, 0) is 41.3 Å². The van der Waals surface area contributed by atoms with Crippen LogP contribution < -0.4 is 5.32 Å². The van der Waals surface area contributed by atoms with Crippen LogP contribution in [0.3, 0.4) is 0 Å².